The van der Waals surface area contributed by atoms with E-state index in [-0.39, 0.29) is 11.8 Å². The Labute approximate surface area is 102 Å². The van der Waals surface area contributed by atoms with E-state index in [1.54, 1.807) is 0 Å². The second kappa shape index (κ2) is 4.47. The molecule has 3 heteroatoms. The lowest BCUT2D eigenvalue weighted by Crippen LogP contribution is -2.33. The first-order valence-corrected chi connectivity index (χ1v) is 6.55. The highest BCUT2D eigenvalue weighted by atomic mass is 16.1. The Kier molecular flexibility index (Phi) is 2.83. The molecule has 1 heterocycles. The van der Waals surface area contributed by atoms with Crippen LogP contribution in [0.3, 0.4) is 0 Å². The van der Waals surface area contributed by atoms with Crippen LogP contribution in [0.25, 0.3) is 0 Å². The summed E-state index contributed by atoms with van der Waals surface area (Å²) >= 11 is 0. The smallest absolute Gasteiger partial charge is 0.223 e. The minimum absolute atomic E-state index is 0.211. The predicted octanol–water partition coefficient (Wildman–Crippen LogP) is 2.38. The van der Waals surface area contributed by atoms with Crippen molar-refractivity contribution in [2.24, 2.45) is 5.92 Å². The monoisotopic (exact) mass is 230 g/mol. The highest BCUT2D eigenvalue weighted by Gasteiger charge is 2.25. The molecule has 3 rings (SSSR count). The van der Waals surface area contributed by atoms with Gasteiger partial charge in [-0.05, 0) is 37.3 Å². The number of carbonyl (C=O) groups is 1. The first-order valence-electron chi connectivity index (χ1n) is 6.55. The molecule has 0 saturated heterocycles. The van der Waals surface area contributed by atoms with E-state index in [1.807, 2.05) is 6.20 Å². The van der Waals surface area contributed by atoms with Gasteiger partial charge in [0.2, 0.25) is 5.91 Å². The second-order valence-electron chi connectivity index (χ2n) is 5.21. The van der Waals surface area contributed by atoms with Gasteiger partial charge < -0.3 is 5.32 Å². The number of carbonyl (C=O) groups excluding carboxylic acids is 1. The third-order valence-electron chi connectivity index (χ3n) is 3.79. The van der Waals surface area contributed by atoms with Crippen LogP contribution in [0.4, 0.5) is 0 Å². The first-order chi connectivity index (χ1) is 8.33. The van der Waals surface area contributed by atoms with E-state index in [0.29, 0.717) is 12.5 Å². The van der Waals surface area contributed by atoms with Gasteiger partial charge in [0.1, 0.15) is 0 Å². The van der Waals surface area contributed by atoms with Crippen molar-refractivity contribution in [1.29, 1.82) is 0 Å². The summed E-state index contributed by atoms with van der Waals surface area (Å²) in [6.07, 6.45) is 7.79. The summed E-state index contributed by atoms with van der Waals surface area (Å²) in [5, 5.41) is 2.99. The Bertz CT molecular complexity index is 405. The molecule has 17 heavy (non-hydrogen) atoms. The second-order valence-corrected chi connectivity index (χ2v) is 5.21. The lowest BCUT2D eigenvalue weighted by atomic mass is 9.85. The Balaban J connectivity index is 1.51. The fourth-order valence-corrected chi connectivity index (χ4v) is 2.17. The molecule has 0 aromatic carbocycles. The molecule has 1 aromatic heterocycles. The van der Waals surface area contributed by atoms with Gasteiger partial charge in [-0.1, -0.05) is 12.5 Å². The molecular weight excluding hydrogens is 212 g/mol. The minimum atomic E-state index is 0.211. The summed E-state index contributed by atoms with van der Waals surface area (Å²) in [5.41, 5.74) is 2.31. The van der Waals surface area contributed by atoms with Gasteiger partial charge in [0, 0.05) is 30.3 Å². The number of hydrogen-bond acceptors (Lipinski definition) is 2. The topological polar surface area (TPSA) is 42.0 Å². The molecule has 0 radical (unpaired) electrons. The van der Waals surface area contributed by atoms with Gasteiger partial charge in [-0.3, -0.25) is 9.78 Å². The number of nitrogens with one attached hydrogen (secondary N) is 1. The van der Waals surface area contributed by atoms with E-state index in [9.17, 15) is 4.79 Å². The van der Waals surface area contributed by atoms with E-state index in [4.69, 9.17) is 0 Å². The Morgan fingerprint density at radius 1 is 1.29 bits per heavy atom. The van der Waals surface area contributed by atoms with Crippen LogP contribution in [0.5, 0.6) is 0 Å². The normalized spacial score (nSPS) is 19.8. The van der Waals surface area contributed by atoms with E-state index in [0.717, 1.165) is 18.4 Å². The number of pyridine rings is 1. The Morgan fingerprint density at radius 3 is 2.65 bits per heavy atom. The fourth-order valence-electron chi connectivity index (χ4n) is 2.17. The van der Waals surface area contributed by atoms with Gasteiger partial charge in [-0.15, -0.1) is 0 Å². The van der Waals surface area contributed by atoms with Crippen LogP contribution < -0.4 is 5.32 Å². The zero-order valence-corrected chi connectivity index (χ0v) is 9.98. The number of rotatable bonds is 4. The van der Waals surface area contributed by atoms with Crippen LogP contribution in [0.2, 0.25) is 0 Å². The Hall–Kier alpha value is -1.38. The van der Waals surface area contributed by atoms with Crippen LogP contribution in [-0.4, -0.2) is 10.9 Å². The molecule has 0 bridgehead atoms. The molecule has 90 valence electrons. The summed E-state index contributed by atoms with van der Waals surface area (Å²) in [7, 11) is 0. The van der Waals surface area contributed by atoms with Crippen LogP contribution in [0, 0.1) is 5.92 Å². The molecule has 0 unspecified atom stereocenters. The summed E-state index contributed by atoms with van der Waals surface area (Å²) in [6, 6.07) is 4.18. The largest absolute Gasteiger partial charge is 0.352 e. The standard InChI is InChI=1S/C14H18N2O/c17-14(12-2-1-3-12)16-9-10-4-7-13(15-8-10)11-5-6-11/h4,7-8,11-12H,1-3,5-6,9H2,(H,16,17). The van der Waals surface area contributed by atoms with Crippen molar-refractivity contribution in [2.75, 3.05) is 0 Å². The van der Waals surface area contributed by atoms with Crippen molar-refractivity contribution in [2.45, 2.75) is 44.6 Å². The molecule has 0 atom stereocenters. The molecule has 2 saturated carbocycles. The van der Waals surface area contributed by atoms with Crippen LogP contribution in [-0.2, 0) is 11.3 Å². The summed E-state index contributed by atoms with van der Waals surface area (Å²) in [5.74, 6) is 1.19. The molecule has 0 spiro atoms. The lowest BCUT2D eigenvalue weighted by molar-refractivity contribution is -0.127. The maximum atomic E-state index is 11.7. The average molecular weight is 230 g/mol. The molecule has 3 nitrogen and oxygen atoms in total. The van der Waals surface area contributed by atoms with Crippen molar-refractivity contribution in [3.63, 3.8) is 0 Å². The van der Waals surface area contributed by atoms with Gasteiger partial charge in [0.05, 0.1) is 0 Å². The van der Waals surface area contributed by atoms with Gasteiger partial charge in [0.25, 0.3) is 0 Å². The van der Waals surface area contributed by atoms with Gasteiger partial charge in [-0.25, -0.2) is 0 Å². The summed E-state index contributed by atoms with van der Waals surface area (Å²) in [6.45, 7) is 0.618. The summed E-state index contributed by atoms with van der Waals surface area (Å²) < 4.78 is 0. The highest BCUT2D eigenvalue weighted by molar-refractivity contribution is 5.79. The first kappa shape index (κ1) is 10.8. The maximum absolute atomic E-state index is 11.7. The molecule has 2 aliphatic rings. The fraction of sp³-hybridized carbons (Fsp3) is 0.571. The van der Waals surface area contributed by atoms with Crippen molar-refractivity contribution in [3.05, 3.63) is 29.6 Å². The van der Waals surface area contributed by atoms with E-state index in [2.05, 4.69) is 22.4 Å². The minimum Gasteiger partial charge on any atom is -0.352 e. The predicted molar refractivity (Wildman–Crippen MR) is 65.4 cm³/mol. The Morgan fingerprint density at radius 2 is 2.12 bits per heavy atom. The lowest BCUT2D eigenvalue weighted by Gasteiger charge is -2.24. The number of aromatic nitrogens is 1. The molecule has 1 amide bonds. The van der Waals surface area contributed by atoms with E-state index in [1.165, 1.54) is 25.0 Å². The molecule has 2 aliphatic carbocycles. The molecule has 1 N–H and O–H groups in total. The van der Waals surface area contributed by atoms with Gasteiger partial charge in [-0.2, -0.15) is 0 Å². The SMILES string of the molecule is O=C(NCc1ccc(C2CC2)nc1)C1CCC1. The van der Waals surface area contributed by atoms with E-state index < -0.39 is 0 Å². The van der Waals surface area contributed by atoms with Crippen molar-refractivity contribution < 1.29 is 4.79 Å². The number of hydrogen-bond donors (Lipinski definition) is 1. The maximum Gasteiger partial charge on any atom is 0.223 e. The van der Waals surface area contributed by atoms with Crippen LogP contribution in [0.1, 0.15) is 49.3 Å². The zero-order valence-electron chi connectivity index (χ0n) is 9.98. The highest BCUT2D eigenvalue weighted by Crippen LogP contribution is 2.38. The summed E-state index contributed by atoms with van der Waals surface area (Å²) in [4.78, 5) is 16.1. The number of nitrogens with zero attached hydrogens (tertiary/aromatic N) is 1. The molecule has 0 aliphatic heterocycles. The average Bonchev–Trinajstić information content (AvgIpc) is 3.08. The van der Waals surface area contributed by atoms with Crippen LogP contribution in [0.15, 0.2) is 18.3 Å². The molecule has 1 aromatic rings. The zero-order chi connectivity index (χ0) is 11.7. The third kappa shape index (κ3) is 2.48. The van der Waals surface area contributed by atoms with Gasteiger partial charge in [0.15, 0.2) is 0 Å². The quantitative estimate of drug-likeness (QED) is 0.862. The van der Waals surface area contributed by atoms with Gasteiger partial charge >= 0.3 is 0 Å². The van der Waals surface area contributed by atoms with Crippen molar-refractivity contribution in [1.82, 2.24) is 10.3 Å². The number of amides is 1. The van der Waals surface area contributed by atoms with Crippen molar-refractivity contribution >= 4 is 5.91 Å². The molecule has 2 fully saturated rings. The van der Waals surface area contributed by atoms with Crippen molar-refractivity contribution in [3.8, 4) is 0 Å². The third-order valence-corrected chi connectivity index (χ3v) is 3.79. The van der Waals surface area contributed by atoms with Crippen LogP contribution >= 0.6 is 0 Å². The van der Waals surface area contributed by atoms with E-state index >= 15 is 0 Å². The molecular formula is C14H18N2O.